The maximum atomic E-state index is 11.9. The van der Waals surface area contributed by atoms with Crippen LogP contribution in [0.25, 0.3) is 21.3 Å². The second kappa shape index (κ2) is 10.5. The molecule has 148 valence electrons. The Kier molecular flexibility index (Phi) is 7.79. The number of ether oxygens (including phenoxy) is 1. The van der Waals surface area contributed by atoms with E-state index < -0.39 is 0 Å². The van der Waals surface area contributed by atoms with Crippen molar-refractivity contribution in [3.8, 4) is 11.1 Å². The van der Waals surface area contributed by atoms with Gasteiger partial charge in [0.15, 0.2) is 0 Å². The van der Waals surface area contributed by atoms with Crippen LogP contribution in [0.3, 0.4) is 0 Å². The van der Waals surface area contributed by atoms with E-state index in [2.05, 4.69) is 51.9 Å². The lowest BCUT2D eigenvalue weighted by Crippen LogP contribution is -2.27. The van der Waals surface area contributed by atoms with Crippen molar-refractivity contribution < 1.29 is 14.6 Å². The van der Waals surface area contributed by atoms with E-state index in [1.807, 2.05) is 0 Å². The van der Waals surface area contributed by atoms with Crippen molar-refractivity contribution in [1.29, 1.82) is 0 Å². The van der Waals surface area contributed by atoms with E-state index in [-0.39, 0.29) is 12.5 Å². The number of amides is 1. The summed E-state index contributed by atoms with van der Waals surface area (Å²) in [6, 6.07) is 8.43. The molecule has 0 bridgehead atoms. The number of nitrogens with zero attached hydrogens (tertiary/aromatic N) is 2. The lowest BCUT2D eigenvalue weighted by molar-refractivity contribution is -0.120. The highest BCUT2D eigenvalue weighted by atomic mass is 32.2. The van der Waals surface area contributed by atoms with Gasteiger partial charge in [-0.15, -0.1) is 23.1 Å². The molecule has 2 heterocycles. The third-order valence-electron chi connectivity index (χ3n) is 4.07. The Morgan fingerprint density at radius 2 is 2.07 bits per heavy atom. The van der Waals surface area contributed by atoms with Crippen molar-refractivity contribution in [3.05, 3.63) is 41.5 Å². The first-order valence-electron chi connectivity index (χ1n) is 9.06. The number of rotatable bonds is 10. The summed E-state index contributed by atoms with van der Waals surface area (Å²) in [5.41, 5.74) is 3.50. The average molecular weight is 418 g/mol. The van der Waals surface area contributed by atoms with Crippen LogP contribution in [-0.2, 0) is 9.53 Å². The SMILES string of the molecule is Cc1ccc(-c2csc3ncnc(SCCC(=O)NCCOCCO)c23)cc1. The van der Waals surface area contributed by atoms with Crippen molar-refractivity contribution in [3.63, 3.8) is 0 Å². The number of aryl methyl sites for hydroxylation is 1. The zero-order chi connectivity index (χ0) is 19.8. The molecule has 0 saturated heterocycles. The molecule has 0 aliphatic heterocycles. The van der Waals surface area contributed by atoms with E-state index in [9.17, 15) is 4.79 Å². The summed E-state index contributed by atoms with van der Waals surface area (Å²) in [4.78, 5) is 21.8. The minimum absolute atomic E-state index is 0.00878. The summed E-state index contributed by atoms with van der Waals surface area (Å²) in [6.45, 7) is 3.21. The topological polar surface area (TPSA) is 84.3 Å². The fourth-order valence-corrected chi connectivity index (χ4v) is 4.59. The van der Waals surface area contributed by atoms with Crippen LogP contribution in [0.5, 0.6) is 0 Å². The molecule has 0 saturated carbocycles. The highest BCUT2D eigenvalue weighted by Gasteiger charge is 2.14. The van der Waals surface area contributed by atoms with Crippen LogP contribution in [0, 0.1) is 6.92 Å². The Balaban J connectivity index is 1.61. The van der Waals surface area contributed by atoms with Crippen LogP contribution >= 0.6 is 23.1 Å². The molecular weight excluding hydrogens is 394 g/mol. The molecule has 6 nitrogen and oxygen atoms in total. The molecule has 2 N–H and O–H groups in total. The third kappa shape index (κ3) is 5.51. The quantitative estimate of drug-likeness (QED) is 0.299. The number of thioether (sulfide) groups is 1. The number of hydrogen-bond donors (Lipinski definition) is 2. The van der Waals surface area contributed by atoms with Crippen molar-refractivity contribution >= 4 is 39.2 Å². The summed E-state index contributed by atoms with van der Waals surface area (Å²) in [5.74, 6) is 0.619. The summed E-state index contributed by atoms with van der Waals surface area (Å²) in [6.07, 6.45) is 1.98. The summed E-state index contributed by atoms with van der Waals surface area (Å²) in [5, 5.41) is 15.5. The number of aliphatic hydroxyl groups is 1. The van der Waals surface area contributed by atoms with Crippen LogP contribution in [0.1, 0.15) is 12.0 Å². The van der Waals surface area contributed by atoms with Crippen molar-refractivity contribution in [1.82, 2.24) is 15.3 Å². The highest BCUT2D eigenvalue weighted by Crippen LogP contribution is 2.37. The maximum absolute atomic E-state index is 11.9. The van der Waals surface area contributed by atoms with Gasteiger partial charge >= 0.3 is 0 Å². The van der Waals surface area contributed by atoms with Gasteiger partial charge in [0, 0.05) is 29.7 Å². The molecule has 0 aliphatic carbocycles. The second-order valence-electron chi connectivity index (χ2n) is 6.16. The molecule has 1 amide bonds. The maximum Gasteiger partial charge on any atom is 0.220 e. The Labute approximate surface area is 172 Å². The van der Waals surface area contributed by atoms with Gasteiger partial charge in [-0.3, -0.25) is 4.79 Å². The largest absolute Gasteiger partial charge is 0.394 e. The molecule has 28 heavy (non-hydrogen) atoms. The first-order valence-corrected chi connectivity index (χ1v) is 10.9. The van der Waals surface area contributed by atoms with E-state index >= 15 is 0 Å². The molecule has 2 aromatic heterocycles. The van der Waals surface area contributed by atoms with Gasteiger partial charge in [-0.1, -0.05) is 29.8 Å². The minimum atomic E-state index is -0.0190. The number of aliphatic hydroxyl groups excluding tert-OH is 1. The average Bonchev–Trinajstić information content (AvgIpc) is 3.13. The summed E-state index contributed by atoms with van der Waals surface area (Å²) in [7, 11) is 0. The minimum Gasteiger partial charge on any atom is -0.394 e. The van der Waals surface area contributed by atoms with Gasteiger partial charge in [0.25, 0.3) is 0 Å². The molecule has 1 aromatic carbocycles. The van der Waals surface area contributed by atoms with E-state index in [1.54, 1.807) is 29.4 Å². The highest BCUT2D eigenvalue weighted by molar-refractivity contribution is 7.99. The van der Waals surface area contributed by atoms with Gasteiger partial charge in [0.1, 0.15) is 16.2 Å². The monoisotopic (exact) mass is 417 g/mol. The zero-order valence-corrected chi connectivity index (χ0v) is 17.3. The van der Waals surface area contributed by atoms with Gasteiger partial charge in [0.2, 0.25) is 5.91 Å². The van der Waals surface area contributed by atoms with Crippen molar-refractivity contribution in [2.45, 2.75) is 18.4 Å². The normalized spacial score (nSPS) is 11.1. The fourth-order valence-electron chi connectivity index (χ4n) is 2.66. The molecule has 0 radical (unpaired) electrons. The van der Waals surface area contributed by atoms with E-state index in [4.69, 9.17) is 9.84 Å². The molecule has 0 fully saturated rings. The predicted octanol–water partition coefficient (Wildman–Crippen LogP) is 3.27. The zero-order valence-electron chi connectivity index (χ0n) is 15.7. The van der Waals surface area contributed by atoms with Gasteiger partial charge < -0.3 is 15.2 Å². The number of hydrogen-bond acceptors (Lipinski definition) is 7. The van der Waals surface area contributed by atoms with Gasteiger partial charge in [-0.05, 0) is 12.5 Å². The van der Waals surface area contributed by atoms with Gasteiger partial charge in [-0.25, -0.2) is 9.97 Å². The lowest BCUT2D eigenvalue weighted by Gasteiger charge is -2.07. The Bertz CT molecular complexity index is 913. The molecule has 0 atom stereocenters. The number of aromatic nitrogens is 2. The number of nitrogens with one attached hydrogen (secondary N) is 1. The third-order valence-corrected chi connectivity index (χ3v) is 5.95. The van der Waals surface area contributed by atoms with Crippen LogP contribution in [-0.4, -0.2) is 53.1 Å². The lowest BCUT2D eigenvalue weighted by atomic mass is 10.1. The molecule has 0 spiro atoms. The summed E-state index contributed by atoms with van der Waals surface area (Å²) >= 11 is 3.18. The Hall–Kier alpha value is -2.00. The number of fused-ring (bicyclic) bond motifs is 1. The number of benzene rings is 1. The first kappa shape index (κ1) is 20.7. The van der Waals surface area contributed by atoms with E-state index in [1.165, 1.54) is 5.56 Å². The second-order valence-corrected chi connectivity index (χ2v) is 8.10. The molecule has 3 aromatic rings. The van der Waals surface area contributed by atoms with Crippen molar-refractivity contribution in [2.75, 3.05) is 32.1 Å². The number of thiophene rings is 1. The number of carbonyl (C=O) groups is 1. The van der Waals surface area contributed by atoms with E-state index in [0.717, 1.165) is 26.4 Å². The summed E-state index contributed by atoms with van der Waals surface area (Å²) < 4.78 is 5.12. The first-order chi connectivity index (χ1) is 13.7. The molecule has 3 rings (SSSR count). The van der Waals surface area contributed by atoms with Crippen molar-refractivity contribution in [2.24, 2.45) is 0 Å². The van der Waals surface area contributed by atoms with Crippen LogP contribution in [0.2, 0.25) is 0 Å². The van der Waals surface area contributed by atoms with Crippen LogP contribution in [0.15, 0.2) is 41.0 Å². The van der Waals surface area contributed by atoms with E-state index in [0.29, 0.717) is 31.9 Å². The molecule has 0 aliphatic rings. The fraction of sp³-hybridized carbons (Fsp3) is 0.350. The number of carbonyl (C=O) groups excluding carboxylic acids is 1. The van der Waals surface area contributed by atoms with Gasteiger partial charge in [0.05, 0.1) is 25.2 Å². The Morgan fingerprint density at radius 1 is 1.25 bits per heavy atom. The molecular formula is C20H23N3O3S2. The molecule has 8 heteroatoms. The standard InChI is InChI=1S/C20H23N3O3S2/c1-14-2-4-15(5-3-14)16-12-28-20-18(16)19(22-13-23-20)27-11-6-17(25)21-7-9-26-10-8-24/h2-5,12-13,24H,6-11H2,1H3,(H,21,25). The van der Waals surface area contributed by atoms with Gasteiger partial charge in [-0.2, -0.15) is 0 Å². The predicted molar refractivity (Wildman–Crippen MR) is 114 cm³/mol. The van der Waals surface area contributed by atoms with Crippen LogP contribution < -0.4 is 5.32 Å². The van der Waals surface area contributed by atoms with Crippen LogP contribution in [0.4, 0.5) is 0 Å². The Morgan fingerprint density at radius 3 is 2.86 bits per heavy atom. The smallest absolute Gasteiger partial charge is 0.220 e. The molecule has 0 unspecified atom stereocenters.